The number of aryl methyl sites for hydroxylation is 2. The van der Waals surface area contributed by atoms with Gasteiger partial charge in [0.05, 0.1) is 11.6 Å². The van der Waals surface area contributed by atoms with Gasteiger partial charge in [0.2, 0.25) is 11.3 Å². The Morgan fingerprint density at radius 1 is 1.28 bits per heavy atom. The molecule has 3 heterocycles. The van der Waals surface area contributed by atoms with Crippen molar-refractivity contribution in [2.45, 2.75) is 32.8 Å². The van der Waals surface area contributed by atoms with Gasteiger partial charge in [-0.2, -0.15) is 5.26 Å². The number of nitrogens with zero attached hydrogens (tertiary/aromatic N) is 3. The second kappa shape index (κ2) is 8.56. The summed E-state index contributed by atoms with van der Waals surface area (Å²) in [5, 5.41) is 10.3. The number of hydrogen-bond donors (Lipinski definition) is 1. The number of oxazole rings is 1. The SMILES string of the molecule is CCN(CCCc1c[nH]c2ccc(C#N)cc12)CC1COc2ccc3nc(C)oc3c2O1. The molecule has 7 heteroatoms. The van der Waals surface area contributed by atoms with Crippen LogP contribution in [0.1, 0.15) is 30.4 Å². The van der Waals surface area contributed by atoms with Gasteiger partial charge in [-0.1, -0.05) is 6.92 Å². The van der Waals surface area contributed by atoms with Gasteiger partial charge in [-0.3, -0.25) is 4.90 Å². The largest absolute Gasteiger partial charge is 0.486 e. The van der Waals surface area contributed by atoms with Gasteiger partial charge in [0.1, 0.15) is 18.2 Å². The van der Waals surface area contributed by atoms with Crippen LogP contribution in [-0.2, 0) is 6.42 Å². The van der Waals surface area contributed by atoms with Crippen molar-refractivity contribution in [2.24, 2.45) is 0 Å². The summed E-state index contributed by atoms with van der Waals surface area (Å²) in [5.41, 5.74) is 4.47. The van der Waals surface area contributed by atoms with E-state index in [9.17, 15) is 5.26 Å². The Morgan fingerprint density at radius 3 is 3.03 bits per heavy atom. The number of nitriles is 1. The van der Waals surface area contributed by atoms with E-state index in [0.717, 1.165) is 48.9 Å². The van der Waals surface area contributed by atoms with E-state index in [1.54, 1.807) is 0 Å². The Labute approximate surface area is 186 Å². The Morgan fingerprint density at radius 2 is 2.19 bits per heavy atom. The van der Waals surface area contributed by atoms with Crippen molar-refractivity contribution >= 4 is 22.0 Å². The predicted octanol–water partition coefficient (Wildman–Crippen LogP) is 4.58. The van der Waals surface area contributed by atoms with E-state index in [1.165, 1.54) is 5.56 Å². The molecule has 1 aliphatic heterocycles. The Hall–Kier alpha value is -3.50. The molecule has 0 spiro atoms. The van der Waals surface area contributed by atoms with E-state index in [1.807, 2.05) is 37.3 Å². The molecule has 0 amide bonds. The number of fused-ring (bicyclic) bond motifs is 4. The minimum absolute atomic E-state index is 0.0651. The molecular weight excluding hydrogens is 404 g/mol. The van der Waals surface area contributed by atoms with Gasteiger partial charge in [0.25, 0.3) is 0 Å². The van der Waals surface area contributed by atoms with E-state index in [-0.39, 0.29) is 6.10 Å². The molecule has 2 aromatic carbocycles. The lowest BCUT2D eigenvalue weighted by atomic mass is 10.1. The number of aromatic amines is 1. The van der Waals surface area contributed by atoms with Crippen molar-refractivity contribution in [3.63, 3.8) is 0 Å². The van der Waals surface area contributed by atoms with Gasteiger partial charge in [-0.05, 0) is 61.8 Å². The molecule has 7 nitrogen and oxygen atoms in total. The third-order valence-corrected chi connectivity index (χ3v) is 6.02. The fourth-order valence-electron chi connectivity index (χ4n) is 4.37. The fourth-order valence-corrected chi connectivity index (χ4v) is 4.37. The normalized spacial score (nSPS) is 15.5. The van der Waals surface area contributed by atoms with Crippen molar-refractivity contribution in [3.05, 3.63) is 53.5 Å². The highest BCUT2D eigenvalue weighted by Gasteiger charge is 2.26. The lowest BCUT2D eigenvalue weighted by Crippen LogP contribution is -2.41. The van der Waals surface area contributed by atoms with Crippen molar-refractivity contribution in [2.75, 3.05) is 26.2 Å². The molecule has 0 saturated carbocycles. The van der Waals surface area contributed by atoms with E-state index in [0.29, 0.717) is 35.1 Å². The lowest BCUT2D eigenvalue weighted by molar-refractivity contribution is 0.0604. The monoisotopic (exact) mass is 430 g/mol. The van der Waals surface area contributed by atoms with Crippen molar-refractivity contribution < 1.29 is 13.9 Å². The molecule has 0 aliphatic carbocycles. The first-order chi connectivity index (χ1) is 15.6. The number of nitrogens with one attached hydrogen (secondary N) is 1. The summed E-state index contributed by atoms with van der Waals surface area (Å²) < 4.78 is 18.0. The maximum atomic E-state index is 9.18. The molecular formula is C25H26N4O3. The number of H-pyrrole nitrogens is 1. The highest BCUT2D eigenvalue weighted by atomic mass is 16.6. The highest BCUT2D eigenvalue weighted by Crippen LogP contribution is 2.39. The lowest BCUT2D eigenvalue weighted by Gasteiger charge is -2.30. The van der Waals surface area contributed by atoms with Crippen LogP contribution in [0.15, 0.2) is 40.9 Å². The zero-order chi connectivity index (χ0) is 22.1. The van der Waals surface area contributed by atoms with Crippen LogP contribution < -0.4 is 9.47 Å². The summed E-state index contributed by atoms with van der Waals surface area (Å²) in [6.07, 6.45) is 3.97. The molecule has 0 bridgehead atoms. The minimum atomic E-state index is -0.0651. The van der Waals surface area contributed by atoms with E-state index in [4.69, 9.17) is 13.9 Å². The molecule has 1 aliphatic rings. The van der Waals surface area contributed by atoms with Gasteiger partial charge >= 0.3 is 0 Å². The van der Waals surface area contributed by atoms with Gasteiger partial charge < -0.3 is 18.9 Å². The molecule has 1 unspecified atom stereocenters. The maximum Gasteiger partial charge on any atom is 0.207 e. The smallest absolute Gasteiger partial charge is 0.207 e. The molecule has 0 saturated heterocycles. The number of rotatable bonds is 7. The van der Waals surface area contributed by atoms with Crippen LogP contribution in [0.4, 0.5) is 0 Å². The van der Waals surface area contributed by atoms with Gasteiger partial charge in [-0.15, -0.1) is 0 Å². The average Bonchev–Trinajstić information content (AvgIpc) is 3.40. The summed E-state index contributed by atoms with van der Waals surface area (Å²) in [6, 6.07) is 11.8. The number of benzene rings is 2. The van der Waals surface area contributed by atoms with Crippen LogP contribution in [0, 0.1) is 18.3 Å². The molecule has 2 aromatic heterocycles. The third kappa shape index (κ3) is 3.90. The van der Waals surface area contributed by atoms with Crippen LogP contribution in [0.3, 0.4) is 0 Å². The van der Waals surface area contributed by atoms with E-state index >= 15 is 0 Å². The number of likely N-dealkylation sites (N-methyl/N-ethyl adjacent to an activating group) is 1. The molecule has 5 rings (SSSR count). The number of ether oxygens (including phenoxy) is 2. The topological polar surface area (TPSA) is 87.3 Å². The average molecular weight is 431 g/mol. The maximum absolute atomic E-state index is 9.18. The predicted molar refractivity (Wildman–Crippen MR) is 122 cm³/mol. The first-order valence-corrected chi connectivity index (χ1v) is 11.1. The van der Waals surface area contributed by atoms with Crippen molar-refractivity contribution in [1.29, 1.82) is 5.26 Å². The van der Waals surface area contributed by atoms with Crippen LogP contribution in [0.2, 0.25) is 0 Å². The first kappa shape index (κ1) is 20.4. The Bertz CT molecular complexity index is 1300. The molecule has 4 aromatic rings. The quantitative estimate of drug-likeness (QED) is 0.462. The van der Waals surface area contributed by atoms with Crippen molar-refractivity contribution in [1.82, 2.24) is 14.9 Å². The Balaban J connectivity index is 1.21. The third-order valence-electron chi connectivity index (χ3n) is 6.02. The first-order valence-electron chi connectivity index (χ1n) is 11.1. The molecule has 164 valence electrons. The fraction of sp³-hybridized carbons (Fsp3) is 0.360. The zero-order valence-electron chi connectivity index (χ0n) is 18.4. The highest BCUT2D eigenvalue weighted by molar-refractivity contribution is 5.84. The van der Waals surface area contributed by atoms with E-state index < -0.39 is 0 Å². The second-order valence-corrected chi connectivity index (χ2v) is 8.21. The Kier molecular flexibility index (Phi) is 5.46. The number of aromatic nitrogens is 2. The standard InChI is InChI=1S/C25H26N4O3/c1-3-29(10-4-5-18-13-27-21-7-6-17(12-26)11-20(18)21)14-19-15-30-23-9-8-22-24(25(23)32-19)31-16(2)28-22/h6-9,11,13,19,27H,3-5,10,14-15H2,1-2H3. The van der Waals surface area contributed by atoms with Crippen LogP contribution in [0.5, 0.6) is 11.5 Å². The summed E-state index contributed by atoms with van der Waals surface area (Å²) in [5.74, 6) is 1.99. The summed E-state index contributed by atoms with van der Waals surface area (Å²) in [4.78, 5) is 10.1. The van der Waals surface area contributed by atoms with Crippen LogP contribution >= 0.6 is 0 Å². The number of hydrogen-bond acceptors (Lipinski definition) is 6. The van der Waals surface area contributed by atoms with Gasteiger partial charge in [-0.25, -0.2) is 4.98 Å². The molecule has 0 fully saturated rings. The molecule has 32 heavy (non-hydrogen) atoms. The molecule has 1 N–H and O–H groups in total. The van der Waals surface area contributed by atoms with Crippen LogP contribution in [-0.4, -0.2) is 47.2 Å². The summed E-state index contributed by atoms with van der Waals surface area (Å²) in [6.45, 7) is 7.19. The second-order valence-electron chi connectivity index (χ2n) is 8.21. The van der Waals surface area contributed by atoms with Gasteiger partial charge in [0, 0.05) is 30.6 Å². The van der Waals surface area contributed by atoms with Crippen molar-refractivity contribution in [3.8, 4) is 17.6 Å². The molecule has 1 atom stereocenters. The molecule has 0 radical (unpaired) electrons. The summed E-state index contributed by atoms with van der Waals surface area (Å²) >= 11 is 0. The minimum Gasteiger partial charge on any atom is -0.486 e. The van der Waals surface area contributed by atoms with Crippen LogP contribution in [0.25, 0.3) is 22.0 Å². The summed E-state index contributed by atoms with van der Waals surface area (Å²) in [7, 11) is 0. The van der Waals surface area contributed by atoms with E-state index in [2.05, 4.69) is 34.1 Å². The zero-order valence-corrected chi connectivity index (χ0v) is 18.4. The van der Waals surface area contributed by atoms with Gasteiger partial charge in [0.15, 0.2) is 11.6 Å².